The van der Waals surface area contributed by atoms with Gasteiger partial charge in [0.15, 0.2) is 0 Å². The van der Waals surface area contributed by atoms with Crippen LogP contribution in [0.5, 0.6) is 0 Å². The third-order valence-corrected chi connectivity index (χ3v) is 4.38. The van der Waals surface area contributed by atoms with Crippen LogP contribution in [0.25, 0.3) is 0 Å². The average Bonchev–Trinajstić information content (AvgIpc) is 2.45. The Balaban J connectivity index is 1.58. The molecular formula is C15H23N3O3. The molecule has 2 aliphatic heterocycles. The highest BCUT2D eigenvalue weighted by atomic mass is 16.5. The van der Waals surface area contributed by atoms with Crippen molar-refractivity contribution in [1.29, 1.82) is 0 Å². The molecule has 0 unspecified atom stereocenters. The second-order valence-electron chi connectivity index (χ2n) is 6.04. The van der Waals surface area contributed by atoms with E-state index in [9.17, 15) is 4.79 Å². The molecule has 1 atom stereocenters. The number of ether oxygens (including phenoxy) is 2. The molecule has 3 rings (SSSR count). The summed E-state index contributed by atoms with van der Waals surface area (Å²) in [6.45, 7) is 4.81. The van der Waals surface area contributed by atoms with Gasteiger partial charge in [0.2, 0.25) is 0 Å². The lowest BCUT2D eigenvalue weighted by atomic mass is 9.84. The van der Waals surface area contributed by atoms with Crippen molar-refractivity contribution in [1.82, 2.24) is 15.3 Å². The molecule has 0 aliphatic carbocycles. The van der Waals surface area contributed by atoms with Crippen LogP contribution in [0, 0.1) is 6.92 Å². The maximum absolute atomic E-state index is 11.4. The summed E-state index contributed by atoms with van der Waals surface area (Å²) in [6, 6.07) is 1.97. The third-order valence-electron chi connectivity index (χ3n) is 4.38. The predicted molar refractivity (Wildman–Crippen MR) is 78.2 cm³/mol. The van der Waals surface area contributed by atoms with Crippen molar-refractivity contribution in [3.63, 3.8) is 0 Å². The molecular weight excluding hydrogens is 270 g/mol. The number of nitrogens with one attached hydrogen (secondary N) is 2. The Hall–Kier alpha value is -1.24. The molecule has 116 valence electrons. The van der Waals surface area contributed by atoms with Gasteiger partial charge in [-0.2, -0.15) is 0 Å². The van der Waals surface area contributed by atoms with E-state index < -0.39 is 0 Å². The van der Waals surface area contributed by atoms with Gasteiger partial charge < -0.3 is 19.8 Å². The van der Waals surface area contributed by atoms with Crippen molar-refractivity contribution >= 4 is 0 Å². The van der Waals surface area contributed by atoms with Crippen LogP contribution in [-0.4, -0.2) is 41.4 Å². The molecule has 0 aromatic carbocycles. The minimum absolute atomic E-state index is 0.00826. The van der Waals surface area contributed by atoms with Gasteiger partial charge in [-0.05, 0) is 32.6 Å². The van der Waals surface area contributed by atoms with Gasteiger partial charge in [-0.3, -0.25) is 4.79 Å². The Morgan fingerprint density at radius 3 is 3.00 bits per heavy atom. The standard InChI is InChI=1S/C15H23N3O3/c1-11-17-13(8-14(19)18-11)10-16-12-2-5-21-15(9-12)3-6-20-7-4-15/h8,12,16H,2-7,9-10H2,1H3,(H,17,18,19)/t12-/m1/s1. The molecule has 0 amide bonds. The molecule has 3 heterocycles. The molecule has 6 heteroatoms. The molecule has 1 aromatic rings. The maximum atomic E-state index is 11.4. The van der Waals surface area contributed by atoms with Crippen molar-refractivity contribution in [3.8, 4) is 0 Å². The topological polar surface area (TPSA) is 76.2 Å². The molecule has 21 heavy (non-hydrogen) atoms. The quantitative estimate of drug-likeness (QED) is 0.866. The Bertz CT molecular complexity index is 532. The smallest absolute Gasteiger partial charge is 0.251 e. The van der Waals surface area contributed by atoms with Crippen molar-refractivity contribution < 1.29 is 9.47 Å². The van der Waals surface area contributed by atoms with Gasteiger partial charge >= 0.3 is 0 Å². The van der Waals surface area contributed by atoms with E-state index >= 15 is 0 Å². The molecule has 2 aliphatic rings. The first-order chi connectivity index (χ1) is 10.2. The van der Waals surface area contributed by atoms with Crippen molar-refractivity contribution in [3.05, 3.63) is 27.9 Å². The van der Waals surface area contributed by atoms with E-state index in [1.165, 1.54) is 0 Å². The van der Waals surface area contributed by atoms with E-state index in [0.717, 1.165) is 51.2 Å². The molecule has 2 saturated heterocycles. The molecule has 1 spiro atoms. The van der Waals surface area contributed by atoms with Crippen LogP contribution in [0.2, 0.25) is 0 Å². The Morgan fingerprint density at radius 1 is 1.43 bits per heavy atom. The van der Waals surface area contributed by atoms with Crippen molar-refractivity contribution in [2.24, 2.45) is 0 Å². The van der Waals surface area contributed by atoms with Gasteiger partial charge in [-0.25, -0.2) is 4.98 Å². The minimum atomic E-state index is -0.0906. The lowest BCUT2D eigenvalue weighted by Crippen LogP contribution is -2.49. The molecule has 0 bridgehead atoms. The van der Waals surface area contributed by atoms with Gasteiger partial charge in [0.05, 0.1) is 11.3 Å². The first-order valence-corrected chi connectivity index (χ1v) is 7.67. The average molecular weight is 293 g/mol. The van der Waals surface area contributed by atoms with Crippen LogP contribution in [0.4, 0.5) is 0 Å². The van der Waals surface area contributed by atoms with E-state index in [2.05, 4.69) is 15.3 Å². The first kappa shape index (κ1) is 14.7. The second-order valence-corrected chi connectivity index (χ2v) is 6.04. The summed E-state index contributed by atoms with van der Waals surface area (Å²) in [5.41, 5.74) is 0.696. The van der Waals surface area contributed by atoms with E-state index in [0.29, 0.717) is 18.4 Å². The summed E-state index contributed by atoms with van der Waals surface area (Å²) in [7, 11) is 0. The molecule has 6 nitrogen and oxygen atoms in total. The number of hydrogen-bond donors (Lipinski definition) is 2. The maximum Gasteiger partial charge on any atom is 0.251 e. The van der Waals surface area contributed by atoms with Gasteiger partial charge in [0.1, 0.15) is 5.82 Å². The lowest BCUT2D eigenvalue weighted by molar-refractivity contribution is -0.140. The fourth-order valence-electron chi connectivity index (χ4n) is 3.27. The van der Waals surface area contributed by atoms with Gasteiger partial charge in [0.25, 0.3) is 5.56 Å². The number of H-pyrrole nitrogens is 1. The monoisotopic (exact) mass is 293 g/mol. The highest BCUT2D eigenvalue weighted by Crippen LogP contribution is 2.34. The number of aromatic amines is 1. The van der Waals surface area contributed by atoms with E-state index in [4.69, 9.17) is 9.47 Å². The van der Waals surface area contributed by atoms with Crippen LogP contribution < -0.4 is 10.9 Å². The Morgan fingerprint density at radius 2 is 2.24 bits per heavy atom. The van der Waals surface area contributed by atoms with Crippen LogP contribution in [-0.2, 0) is 16.0 Å². The number of aryl methyl sites for hydroxylation is 1. The van der Waals surface area contributed by atoms with Crippen molar-refractivity contribution in [2.45, 2.75) is 50.8 Å². The summed E-state index contributed by atoms with van der Waals surface area (Å²) in [5.74, 6) is 0.659. The van der Waals surface area contributed by atoms with E-state index in [1.54, 1.807) is 13.0 Å². The largest absolute Gasteiger partial charge is 0.381 e. The summed E-state index contributed by atoms with van der Waals surface area (Å²) in [4.78, 5) is 18.5. The van der Waals surface area contributed by atoms with E-state index in [1.807, 2.05) is 0 Å². The Labute approximate surface area is 124 Å². The van der Waals surface area contributed by atoms with Crippen molar-refractivity contribution in [2.75, 3.05) is 19.8 Å². The zero-order chi connectivity index (χ0) is 14.7. The zero-order valence-corrected chi connectivity index (χ0v) is 12.5. The van der Waals surface area contributed by atoms with Crippen LogP contribution in [0.1, 0.15) is 37.2 Å². The summed E-state index contributed by atoms with van der Waals surface area (Å²) in [5, 5.41) is 3.53. The number of nitrogens with zero attached hydrogens (tertiary/aromatic N) is 1. The summed E-state index contributed by atoms with van der Waals surface area (Å²) in [6.07, 6.45) is 3.98. The molecule has 0 saturated carbocycles. The van der Waals surface area contributed by atoms with Crippen LogP contribution in [0.3, 0.4) is 0 Å². The minimum Gasteiger partial charge on any atom is -0.381 e. The van der Waals surface area contributed by atoms with Crippen LogP contribution in [0.15, 0.2) is 10.9 Å². The van der Waals surface area contributed by atoms with Crippen LogP contribution >= 0.6 is 0 Å². The lowest BCUT2D eigenvalue weighted by Gasteiger charge is -2.43. The number of hydrogen-bond acceptors (Lipinski definition) is 5. The highest BCUT2D eigenvalue weighted by Gasteiger charge is 2.38. The molecule has 2 fully saturated rings. The zero-order valence-electron chi connectivity index (χ0n) is 12.5. The molecule has 1 aromatic heterocycles. The van der Waals surface area contributed by atoms with E-state index in [-0.39, 0.29) is 11.2 Å². The second kappa shape index (κ2) is 6.25. The number of aromatic nitrogens is 2. The summed E-state index contributed by atoms with van der Waals surface area (Å²) < 4.78 is 11.5. The fraction of sp³-hybridized carbons (Fsp3) is 0.733. The predicted octanol–water partition coefficient (Wildman–Crippen LogP) is 0.896. The Kier molecular flexibility index (Phi) is 4.37. The molecule has 0 radical (unpaired) electrons. The number of rotatable bonds is 3. The molecule has 2 N–H and O–H groups in total. The third kappa shape index (κ3) is 3.70. The highest BCUT2D eigenvalue weighted by molar-refractivity contribution is 5.02. The first-order valence-electron chi connectivity index (χ1n) is 7.67. The van der Waals surface area contributed by atoms with Gasteiger partial charge in [-0.1, -0.05) is 0 Å². The fourth-order valence-corrected chi connectivity index (χ4v) is 3.27. The normalized spacial score (nSPS) is 25.1. The van der Waals surface area contributed by atoms with Gasteiger partial charge in [-0.15, -0.1) is 0 Å². The SMILES string of the molecule is Cc1nc(CN[C@@H]2CCOC3(CCOCC3)C2)cc(=O)[nH]1. The summed E-state index contributed by atoms with van der Waals surface area (Å²) >= 11 is 0. The van der Waals surface area contributed by atoms with Gasteiger partial charge in [0, 0.05) is 38.5 Å².